The number of aromatic nitrogens is 3. The van der Waals surface area contributed by atoms with Gasteiger partial charge in [0, 0.05) is 10.9 Å². The lowest BCUT2D eigenvalue weighted by Gasteiger charge is -2.14. The van der Waals surface area contributed by atoms with Crippen LogP contribution in [0.4, 0.5) is 8.78 Å². The Morgan fingerprint density at radius 1 is 1.12 bits per heavy atom. The highest BCUT2D eigenvalue weighted by Crippen LogP contribution is 2.29. The summed E-state index contributed by atoms with van der Waals surface area (Å²) in [4.78, 5) is 21.2. The predicted octanol–water partition coefficient (Wildman–Crippen LogP) is 5.80. The van der Waals surface area contributed by atoms with Gasteiger partial charge in [0.2, 0.25) is 0 Å². The van der Waals surface area contributed by atoms with Gasteiger partial charge in [0.25, 0.3) is 0 Å². The summed E-state index contributed by atoms with van der Waals surface area (Å²) in [6.07, 6.45) is -1.000. The number of ether oxygens (including phenoxy) is 2. The fraction of sp³-hybridized carbons (Fsp3) is 0.261. The van der Waals surface area contributed by atoms with Crippen LogP contribution in [0.3, 0.4) is 0 Å². The molecule has 4 rings (SSSR count). The van der Waals surface area contributed by atoms with Gasteiger partial charge in [-0.25, -0.2) is 9.97 Å². The first-order chi connectivity index (χ1) is 15.5. The monoisotopic (exact) mass is 457 g/mol. The van der Waals surface area contributed by atoms with E-state index in [1.165, 1.54) is 18.3 Å². The smallest absolute Gasteiger partial charge is 0.320 e. The van der Waals surface area contributed by atoms with Crippen LogP contribution in [0.5, 0.6) is 5.75 Å². The van der Waals surface area contributed by atoms with Gasteiger partial charge >= 0.3 is 12.5 Å². The second-order valence-electron chi connectivity index (χ2n) is 7.02. The number of para-hydroxylation sites is 2. The van der Waals surface area contributed by atoms with E-state index >= 15 is 0 Å². The lowest BCUT2D eigenvalue weighted by Crippen LogP contribution is -2.16. The van der Waals surface area contributed by atoms with Crippen LogP contribution in [0, 0.1) is 0 Å². The van der Waals surface area contributed by atoms with Crippen LogP contribution < -0.4 is 4.74 Å². The van der Waals surface area contributed by atoms with E-state index in [-0.39, 0.29) is 12.2 Å². The molecule has 0 saturated carbocycles. The lowest BCUT2D eigenvalue weighted by atomic mass is 10.2. The lowest BCUT2D eigenvalue weighted by molar-refractivity contribution is -0.148. The van der Waals surface area contributed by atoms with E-state index in [9.17, 15) is 13.6 Å². The molecule has 0 bridgehead atoms. The average molecular weight is 458 g/mol. The summed E-state index contributed by atoms with van der Waals surface area (Å²) in [5, 5.41) is 2.55. The average Bonchev–Trinajstić information content (AvgIpc) is 3.39. The highest BCUT2D eigenvalue weighted by molar-refractivity contribution is 7.13. The summed E-state index contributed by atoms with van der Waals surface area (Å²) in [6.45, 7) is 1.25. The predicted molar refractivity (Wildman–Crippen MR) is 118 cm³/mol. The van der Waals surface area contributed by atoms with E-state index < -0.39 is 18.6 Å². The molecule has 1 unspecified atom stereocenters. The minimum absolute atomic E-state index is 0.00269. The van der Waals surface area contributed by atoms with Crippen LogP contribution in [0.2, 0.25) is 0 Å². The van der Waals surface area contributed by atoms with Crippen LogP contribution >= 0.6 is 11.3 Å². The van der Waals surface area contributed by atoms with Crippen LogP contribution in [0.1, 0.15) is 38.0 Å². The Kier molecular flexibility index (Phi) is 6.45. The molecule has 0 aliphatic rings. The minimum Gasteiger partial charge on any atom is -0.494 e. The topological polar surface area (TPSA) is 66.2 Å². The second-order valence-corrected chi connectivity index (χ2v) is 7.87. The third-order valence-electron chi connectivity index (χ3n) is 4.78. The third-order valence-corrected chi connectivity index (χ3v) is 5.72. The van der Waals surface area contributed by atoms with Gasteiger partial charge in [-0.3, -0.25) is 9.36 Å². The zero-order valence-corrected chi connectivity index (χ0v) is 18.3. The molecule has 1 atom stereocenters. The zero-order valence-electron chi connectivity index (χ0n) is 17.5. The summed E-state index contributed by atoms with van der Waals surface area (Å²) < 4.78 is 38.9. The molecule has 0 aliphatic heterocycles. The number of halogens is 2. The standard InChI is InChI=1S/C23H21F2N3O3S/c1-3-30-17-10-8-15(9-11-17)22-26-16(13-32-22)12-20(29)31-14(2)21-27-18-6-4-5-7-19(18)28(21)23(24)25/h4-11,13-14,23H,3,12H2,1-2H3. The maximum Gasteiger partial charge on any atom is 0.320 e. The molecule has 2 aromatic heterocycles. The molecule has 32 heavy (non-hydrogen) atoms. The van der Waals surface area contributed by atoms with Crippen molar-refractivity contribution in [1.29, 1.82) is 0 Å². The zero-order chi connectivity index (χ0) is 22.7. The number of carbonyl (C=O) groups excluding carboxylic acids is 1. The number of thiazole rings is 1. The number of esters is 1. The number of fused-ring (bicyclic) bond motifs is 1. The van der Waals surface area contributed by atoms with Crippen LogP contribution in [-0.2, 0) is 16.0 Å². The number of alkyl halides is 2. The molecule has 2 aromatic carbocycles. The molecular formula is C23H21F2N3O3S. The van der Waals surface area contributed by atoms with Crippen molar-refractivity contribution >= 4 is 28.3 Å². The van der Waals surface area contributed by atoms with E-state index in [2.05, 4.69) is 9.97 Å². The molecule has 166 valence electrons. The van der Waals surface area contributed by atoms with Gasteiger partial charge in [0.05, 0.1) is 29.8 Å². The van der Waals surface area contributed by atoms with Gasteiger partial charge in [-0.1, -0.05) is 12.1 Å². The highest BCUT2D eigenvalue weighted by atomic mass is 32.1. The van der Waals surface area contributed by atoms with Gasteiger partial charge in [-0.05, 0) is 50.2 Å². The molecule has 0 fully saturated rings. The molecule has 4 aromatic rings. The molecule has 0 radical (unpaired) electrons. The summed E-state index contributed by atoms with van der Waals surface area (Å²) >= 11 is 1.41. The number of nitrogens with zero attached hydrogens (tertiary/aromatic N) is 3. The fourth-order valence-corrected chi connectivity index (χ4v) is 4.20. The Morgan fingerprint density at radius 2 is 1.88 bits per heavy atom. The maximum atomic E-state index is 13.6. The van der Waals surface area contributed by atoms with Crippen molar-refractivity contribution in [1.82, 2.24) is 14.5 Å². The maximum absolute atomic E-state index is 13.6. The van der Waals surface area contributed by atoms with Gasteiger partial charge in [0.15, 0.2) is 11.9 Å². The molecule has 6 nitrogen and oxygen atoms in total. The Labute approximate surface area is 187 Å². The minimum atomic E-state index is -2.80. The summed E-state index contributed by atoms with van der Waals surface area (Å²) in [5.41, 5.74) is 2.18. The van der Waals surface area contributed by atoms with Crippen molar-refractivity contribution in [3.63, 3.8) is 0 Å². The van der Waals surface area contributed by atoms with Crippen molar-refractivity contribution in [2.24, 2.45) is 0 Å². The van der Waals surface area contributed by atoms with E-state index in [1.54, 1.807) is 29.6 Å². The number of rotatable bonds is 8. The molecule has 9 heteroatoms. The fourth-order valence-electron chi connectivity index (χ4n) is 3.38. The van der Waals surface area contributed by atoms with Gasteiger partial charge in [-0.2, -0.15) is 8.78 Å². The number of benzene rings is 2. The van der Waals surface area contributed by atoms with E-state index in [0.717, 1.165) is 20.9 Å². The summed E-state index contributed by atoms with van der Waals surface area (Å²) in [7, 11) is 0. The first-order valence-corrected chi connectivity index (χ1v) is 11.0. The first-order valence-electron chi connectivity index (χ1n) is 10.1. The van der Waals surface area contributed by atoms with E-state index in [0.29, 0.717) is 23.3 Å². The van der Waals surface area contributed by atoms with Gasteiger partial charge in [0.1, 0.15) is 10.8 Å². The normalized spacial score (nSPS) is 12.3. The van der Waals surface area contributed by atoms with Gasteiger partial charge < -0.3 is 9.47 Å². The third kappa shape index (κ3) is 4.62. The number of carbonyl (C=O) groups is 1. The molecule has 0 amide bonds. The van der Waals surface area contributed by atoms with Crippen molar-refractivity contribution in [3.8, 4) is 16.3 Å². The Balaban J connectivity index is 1.44. The van der Waals surface area contributed by atoms with E-state index in [4.69, 9.17) is 9.47 Å². The molecule has 2 heterocycles. The Morgan fingerprint density at radius 3 is 2.59 bits per heavy atom. The van der Waals surface area contributed by atoms with Crippen molar-refractivity contribution in [2.75, 3.05) is 6.61 Å². The largest absolute Gasteiger partial charge is 0.494 e. The first kappa shape index (κ1) is 21.9. The molecule has 0 saturated heterocycles. The molecule has 0 spiro atoms. The van der Waals surface area contributed by atoms with E-state index in [1.807, 2.05) is 31.2 Å². The summed E-state index contributed by atoms with van der Waals surface area (Å²) in [5.74, 6) is 0.220. The Hall–Kier alpha value is -3.33. The van der Waals surface area contributed by atoms with Crippen molar-refractivity contribution in [2.45, 2.75) is 32.9 Å². The molecule has 0 aliphatic carbocycles. The molecular weight excluding hydrogens is 436 g/mol. The van der Waals surface area contributed by atoms with Gasteiger partial charge in [-0.15, -0.1) is 11.3 Å². The quantitative estimate of drug-likeness (QED) is 0.313. The van der Waals surface area contributed by atoms with Crippen LogP contribution in [0.25, 0.3) is 21.6 Å². The second kappa shape index (κ2) is 9.44. The molecule has 0 N–H and O–H groups in total. The Bertz CT molecular complexity index is 1220. The van der Waals surface area contributed by atoms with Crippen molar-refractivity contribution in [3.05, 3.63) is 65.4 Å². The number of hydrogen-bond donors (Lipinski definition) is 0. The number of hydrogen-bond acceptors (Lipinski definition) is 6. The van der Waals surface area contributed by atoms with Crippen LogP contribution in [-0.4, -0.2) is 27.1 Å². The van der Waals surface area contributed by atoms with Crippen LogP contribution in [0.15, 0.2) is 53.9 Å². The summed E-state index contributed by atoms with van der Waals surface area (Å²) in [6, 6.07) is 14.1. The van der Waals surface area contributed by atoms with Crippen molar-refractivity contribution < 1.29 is 23.0 Å². The highest BCUT2D eigenvalue weighted by Gasteiger charge is 2.24. The number of imidazole rings is 1. The SMILES string of the molecule is CCOc1ccc(-c2nc(CC(=O)OC(C)c3nc4ccccc4n3C(F)F)cs2)cc1.